The number of nitrogens with zero attached hydrogens (tertiary/aromatic N) is 1. The zero-order chi connectivity index (χ0) is 10.4. The van der Waals surface area contributed by atoms with E-state index in [1.165, 1.54) is 4.90 Å². The molecule has 3 N–H and O–H groups in total. The van der Waals surface area contributed by atoms with Gasteiger partial charge in [-0.2, -0.15) is 5.10 Å². The van der Waals surface area contributed by atoms with Crippen molar-refractivity contribution in [2.24, 2.45) is 10.8 Å². The molecule has 0 saturated heterocycles. The summed E-state index contributed by atoms with van der Waals surface area (Å²) < 4.78 is 0. The second kappa shape index (κ2) is 5.62. The monoisotopic (exact) mass is 225 g/mol. The molecule has 0 heterocycles. The molecule has 1 aromatic rings. The Bertz CT molecular complexity index is 332. The first-order chi connectivity index (χ1) is 6.72. The molecule has 1 aromatic carbocycles. The van der Waals surface area contributed by atoms with E-state index in [9.17, 15) is 0 Å². The van der Waals surface area contributed by atoms with E-state index in [-0.39, 0.29) is 5.11 Å². The van der Waals surface area contributed by atoms with Crippen molar-refractivity contribution in [2.75, 3.05) is 6.26 Å². The van der Waals surface area contributed by atoms with Crippen LogP contribution >= 0.6 is 24.0 Å². The third kappa shape index (κ3) is 3.76. The molecule has 0 aliphatic rings. The molecule has 74 valence electrons. The molecule has 3 nitrogen and oxygen atoms in total. The molecule has 0 fully saturated rings. The Balaban J connectivity index is 2.59. The van der Waals surface area contributed by atoms with E-state index < -0.39 is 0 Å². The first-order valence-corrected chi connectivity index (χ1v) is 5.58. The highest BCUT2D eigenvalue weighted by Gasteiger charge is 1.89. The summed E-state index contributed by atoms with van der Waals surface area (Å²) in [4.78, 5) is 1.23. The Labute approximate surface area is 92.8 Å². The summed E-state index contributed by atoms with van der Waals surface area (Å²) in [6.45, 7) is 0. The fourth-order valence-electron chi connectivity index (χ4n) is 0.860. The number of benzene rings is 1. The molecule has 0 unspecified atom stereocenters. The van der Waals surface area contributed by atoms with Crippen molar-refractivity contribution in [3.8, 4) is 0 Å². The van der Waals surface area contributed by atoms with E-state index >= 15 is 0 Å². The van der Waals surface area contributed by atoms with Gasteiger partial charge in [0.1, 0.15) is 0 Å². The van der Waals surface area contributed by atoms with Gasteiger partial charge < -0.3 is 5.73 Å². The summed E-state index contributed by atoms with van der Waals surface area (Å²) >= 11 is 6.31. The van der Waals surface area contributed by atoms with Crippen LogP contribution in [0, 0.1) is 0 Å². The third-order valence-corrected chi connectivity index (χ3v) is 2.34. The van der Waals surface area contributed by atoms with Crippen molar-refractivity contribution >= 4 is 35.3 Å². The van der Waals surface area contributed by atoms with Crippen LogP contribution < -0.4 is 11.2 Å². The summed E-state index contributed by atoms with van der Waals surface area (Å²) in [5.41, 5.74) is 8.71. The largest absolute Gasteiger partial charge is 0.375 e. The Morgan fingerprint density at radius 1 is 1.50 bits per heavy atom. The number of hydrogen-bond acceptors (Lipinski definition) is 3. The standard InChI is InChI=1S/C9H11N3S2/c1-14-8-4-2-7(3-5-8)6-11-12-9(10)13/h2-6H,1H3,(H3,10,12,13). The number of nitrogens with one attached hydrogen (secondary N) is 1. The van der Waals surface area contributed by atoms with Gasteiger partial charge >= 0.3 is 0 Å². The van der Waals surface area contributed by atoms with Crippen LogP contribution in [0.4, 0.5) is 0 Å². The van der Waals surface area contributed by atoms with Crippen LogP contribution in [0.15, 0.2) is 34.3 Å². The van der Waals surface area contributed by atoms with E-state index in [0.29, 0.717) is 0 Å². The summed E-state index contributed by atoms with van der Waals surface area (Å²) in [6, 6.07) is 8.03. The Morgan fingerprint density at radius 2 is 2.14 bits per heavy atom. The van der Waals surface area contributed by atoms with Gasteiger partial charge in [-0.15, -0.1) is 11.8 Å². The Hall–Kier alpha value is -1.07. The predicted octanol–water partition coefficient (Wildman–Crippen LogP) is 1.58. The van der Waals surface area contributed by atoms with E-state index in [4.69, 9.17) is 5.73 Å². The molecule has 0 saturated carbocycles. The van der Waals surface area contributed by atoms with Gasteiger partial charge in [-0.05, 0) is 36.2 Å². The van der Waals surface area contributed by atoms with Crippen LogP contribution in [0.5, 0.6) is 0 Å². The molecule has 0 aliphatic carbocycles. The minimum atomic E-state index is 0.169. The smallest absolute Gasteiger partial charge is 0.184 e. The normalized spacial score (nSPS) is 10.4. The maximum absolute atomic E-state index is 5.21. The topological polar surface area (TPSA) is 50.4 Å². The minimum Gasteiger partial charge on any atom is -0.375 e. The molecule has 1 rings (SSSR count). The van der Waals surface area contributed by atoms with Crippen LogP contribution in [0.25, 0.3) is 0 Å². The van der Waals surface area contributed by atoms with Gasteiger partial charge in [0.25, 0.3) is 0 Å². The lowest BCUT2D eigenvalue weighted by molar-refractivity contribution is 1.04. The summed E-state index contributed by atoms with van der Waals surface area (Å²) in [5.74, 6) is 0. The molecule has 0 amide bonds. The quantitative estimate of drug-likeness (QED) is 0.355. The summed E-state index contributed by atoms with van der Waals surface area (Å²) in [6.07, 6.45) is 3.71. The maximum atomic E-state index is 5.21. The van der Waals surface area contributed by atoms with Crippen molar-refractivity contribution in [3.63, 3.8) is 0 Å². The number of nitrogens with two attached hydrogens (primary N) is 1. The molecular formula is C9H11N3S2. The van der Waals surface area contributed by atoms with Gasteiger partial charge in [-0.25, -0.2) is 0 Å². The van der Waals surface area contributed by atoms with E-state index in [1.54, 1.807) is 18.0 Å². The average Bonchev–Trinajstić information content (AvgIpc) is 2.18. The van der Waals surface area contributed by atoms with Crippen LogP contribution in [-0.4, -0.2) is 17.6 Å². The maximum Gasteiger partial charge on any atom is 0.184 e. The second-order valence-electron chi connectivity index (χ2n) is 2.51. The van der Waals surface area contributed by atoms with Gasteiger partial charge in [-0.3, -0.25) is 5.43 Å². The second-order valence-corrected chi connectivity index (χ2v) is 3.83. The number of hydrogen-bond donors (Lipinski definition) is 2. The molecule has 0 radical (unpaired) electrons. The predicted molar refractivity (Wildman–Crippen MR) is 65.7 cm³/mol. The average molecular weight is 225 g/mol. The lowest BCUT2D eigenvalue weighted by Crippen LogP contribution is -2.23. The SMILES string of the molecule is CSc1ccc(C=NNC(N)=S)cc1. The van der Waals surface area contributed by atoms with E-state index in [1.807, 2.05) is 30.5 Å². The zero-order valence-corrected chi connectivity index (χ0v) is 9.36. The highest BCUT2D eigenvalue weighted by Crippen LogP contribution is 2.13. The fraction of sp³-hybridized carbons (Fsp3) is 0.111. The van der Waals surface area contributed by atoms with Crippen LogP contribution in [0.1, 0.15) is 5.56 Å². The molecule has 14 heavy (non-hydrogen) atoms. The first-order valence-electron chi connectivity index (χ1n) is 3.95. The molecular weight excluding hydrogens is 214 g/mol. The summed E-state index contributed by atoms with van der Waals surface area (Å²) in [5, 5.41) is 4.02. The lowest BCUT2D eigenvalue weighted by atomic mass is 10.2. The van der Waals surface area contributed by atoms with Crippen molar-refractivity contribution in [2.45, 2.75) is 4.90 Å². The molecule has 0 aliphatic heterocycles. The van der Waals surface area contributed by atoms with Crippen LogP contribution in [0.3, 0.4) is 0 Å². The van der Waals surface area contributed by atoms with Crippen LogP contribution in [0.2, 0.25) is 0 Å². The van der Waals surface area contributed by atoms with E-state index in [0.717, 1.165) is 5.56 Å². The number of rotatable bonds is 3. The summed E-state index contributed by atoms with van der Waals surface area (Å²) in [7, 11) is 0. The van der Waals surface area contributed by atoms with Gasteiger partial charge in [0.05, 0.1) is 6.21 Å². The molecule has 0 atom stereocenters. The van der Waals surface area contributed by atoms with Gasteiger partial charge in [-0.1, -0.05) is 12.1 Å². The lowest BCUT2D eigenvalue weighted by Gasteiger charge is -1.97. The molecule has 0 aromatic heterocycles. The molecule has 0 spiro atoms. The fourth-order valence-corrected chi connectivity index (χ4v) is 1.32. The Morgan fingerprint density at radius 3 is 2.64 bits per heavy atom. The number of thioether (sulfide) groups is 1. The molecule has 0 bridgehead atoms. The number of thiocarbonyl (C=S) groups is 1. The highest BCUT2D eigenvalue weighted by atomic mass is 32.2. The van der Waals surface area contributed by atoms with Crippen molar-refractivity contribution in [1.29, 1.82) is 0 Å². The van der Waals surface area contributed by atoms with Gasteiger partial charge in [0, 0.05) is 4.90 Å². The zero-order valence-electron chi connectivity index (χ0n) is 7.73. The van der Waals surface area contributed by atoms with Crippen molar-refractivity contribution in [1.82, 2.24) is 5.43 Å². The third-order valence-electron chi connectivity index (χ3n) is 1.50. The first kappa shape index (κ1) is 11.0. The minimum absolute atomic E-state index is 0.169. The number of hydrazone groups is 1. The van der Waals surface area contributed by atoms with Crippen molar-refractivity contribution < 1.29 is 0 Å². The Kier molecular flexibility index (Phi) is 4.42. The van der Waals surface area contributed by atoms with E-state index in [2.05, 4.69) is 22.7 Å². The van der Waals surface area contributed by atoms with Crippen LogP contribution in [-0.2, 0) is 0 Å². The van der Waals surface area contributed by atoms with Gasteiger partial charge in [0.15, 0.2) is 5.11 Å². The molecule has 5 heteroatoms. The van der Waals surface area contributed by atoms with Crippen molar-refractivity contribution in [3.05, 3.63) is 29.8 Å². The highest BCUT2D eigenvalue weighted by molar-refractivity contribution is 7.98. The van der Waals surface area contributed by atoms with Gasteiger partial charge in [0.2, 0.25) is 0 Å².